The van der Waals surface area contributed by atoms with Crippen molar-refractivity contribution < 1.29 is 9.32 Å². The summed E-state index contributed by atoms with van der Waals surface area (Å²) in [6.07, 6.45) is 2.92. The van der Waals surface area contributed by atoms with E-state index in [-0.39, 0.29) is 0 Å². The van der Waals surface area contributed by atoms with E-state index in [1.807, 2.05) is 24.3 Å². The van der Waals surface area contributed by atoms with Crippen molar-refractivity contribution in [1.29, 1.82) is 0 Å². The fourth-order valence-electron chi connectivity index (χ4n) is 3.15. The van der Waals surface area contributed by atoms with Crippen LogP contribution >= 0.6 is 11.6 Å². The zero-order valence-corrected chi connectivity index (χ0v) is 13.5. The van der Waals surface area contributed by atoms with Crippen LogP contribution in [0.2, 0.25) is 5.02 Å². The second kappa shape index (κ2) is 6.19. The van der Waals surface area contributed by atoms with Crippen molar-refractivity contribution in [1.82, 2.24) is 4.98 Å². The Bertz CT molecular complexity index is 810. The molecule has 0 saturated heterocycles. The van der Waals surface area contributed by atoms with Gasteiger partial charge in [-0.3, -0.25) is 0 Å². The number of hydrogen-bond donors (Lipinski definition) is 1. The lowest BCUT2D eigenvalue weighted by Crippen LogP contribution is -3.10. The first-order valence-electron chi connectivity index (χ1n) is 7.89. The van der Waals surface area contributed by atoms with Crippen LogP contribution in [0.3, 0.4) is 0 Å². The highest BCUT2D eigenvalue weighted by Gasteiger charge is 2.21. The van der Waals surface area contributed by atoms with Crippen LogP contribution < -0.4 is 4.90 Å². The molecule has 116 valence electrons. The van der Waals surface area contributed by atoms with Gasteiger partial charge in [0.25, 0.3) is 5.89 Å². The number of oxazole rings is 1. The quantitative estimate of drug-likeness (QED) is 0.802. The third-order valence-electron chi connectivity index (χ3n) is 4.39. The van der Waals surface area contributed by atoms with E-state index in [0.29, 0.717) is 0 Å². The summed E-state index contributed by atoms with van der Waals surface area (Å²) >= 11 is 5.92. The number of nitrogens with one attached hydrogen (secondary N) is 1. The minimum absolute atomic E-state index is 0.727. The van der Waals surface area contributed by atoms with Gasteiger partial charge in [-0.15, -0.1) is 0 Å². The highest BCUT2D eigenvalue weighted by molar-refractivity contribution is 6.30. The van der Waals surface area contributed by atoms with Crippen LogP contribution in [0.15, 0.2) is 59.1 Å². The number of rotatable bonds is 3. The smallest absolute Gasteiger partial charge is 0.250 e. The van der Waals surface area contributed by atoms with Crippen molar-refractivity contribution >= 4 is 11.6 Å². The van der Waals surface area contributed by atoms with E-state index in [4.69, 9.17) is 16.0 Å². The minimum atomic E-state index is 0.727. The second-order valence-electron chi connectivity index (χ2n) is 6.00. The summed E-state index contributed by atoms with van der Waals surface area (Å²) in [4.78, 5) is 5.94. The maximum atomic E-state index is 5.93. The standard InChI is InChI=1S/C19H17ClN2O/c20-17-7-5-15(6-8-17)18-11-21-19(23-18)13-22-10-9-14-3-1-2-4-16(14)12-22/h1-8,11H,9-10,12-13H2/p+1. The van der Waals surface area contributed by atoms with Gasteiger partial charge in [0, 0.05) is 22.6 Å². The Morgan fingerprint density at radius 2 is 1.83 bits per heavy atom. The Hall–Kier alpha value is -2.10. The molecule has 4 heteroatoms. The summed E-state index contributed by atoms with van der Waals surface area (Å²) in [5.74, 6) is 1.60. The Labute approximate surface area is 140 Å². The maximum absolute atomic E-state index is 5.93. The molecule has 2 aromatic carbocycles. The van der Waals surface area contributed by atoms with Crippen LogP contribution in [0.5, 0.6) is 0 Å². The minimum Gasteiger partial charge on any atom is -0.435 e. The molecule has 0 fully saturated rings. The molecule has 4 rings (SSSR count). The Kier molecular flexibility index (Phi) is 3.90. The molecule has 0 radical (unpaired) electrons. The van der Waals surface area contributed by atoms with Crippen LogP contribution in [0.4, 0.5) is 0 Å². The van der Waals surface area contributed by atoms with Gasteiger partial charge in [0.05, 0.1) is 12.7 Å². The zero-order chi connectivity index (χ0) is 15.6. The SMILES string of the molecule is Clc1ccc(-c2cnc(C[NH+]3CCc4ccccc4C3)o2)cc1. The number of fused-ring (bicyclic) bond motifs is 1. The average molecular weight is 326 g/mol. The van der Waals surface area contributed by atoms with Crippen LogP contribution in [-0.4, -0.2) is 11.5 Å². The third kappa shape index (κ3) is 3.16. The van der Waals surface area contributed by atoms with Crippen molar-refractivity contribution in [2.24, 2.45) is 0 Å². The van der Waals surface area contributed by atoms with Gasteiger partial charge < -0.3 is 9.32 Å². The number of halogens is 1. The molecule has 1 aliphatic rings. The normalized spacial score (nSPS) is 17.0. The van der Waals surface area contributed by atoms with Gasteiger partial charge in [-0.2, -0.15) is 0 Å². The van der Waals surface area contributed by atoms with Crippen molar-refractivity contribution in [3.63, 3.8) is 0 Å². The molecule has 23 heavy (non-hydrogen) atoms. The lowest BCUT2D eigenvalue weighted by atomic mass is 10.00. The van der Waals surface area contributed by atoms with Crippen LogP contribution in [0.25, 0.3) is 11.3 Å². The summed E-state index contributed by atoms with van der Waals surface area (Å²) in [5.41, 5.74) is 3.93. The topological polar surface area (TPSA) is 30.5 Å². The largest absolute Gasteiger partial charge is 0.435 e. The van der Waals surface area contributed by atoms with Crippen LogP contribution in [0, 0.1) is 0 Å². The zero-order valence-electron chi connectivity index (χ0n) is 12.8. The highest BCUT2D eigenvalue weighted by atomic mass is 35.5. The Balaban J connectivity index is 1.47. The molecule has 0 bridgehead atoms. The van der Waals surface area contributed by atoms with Crippen LogP contribution in [0.1, 0.15) is 17.0 Å². The molecule has 1 aliphatic heterocycles. The van der Waals surface area contributed by atoms with Gasteiger partial charge in [-0.05, 0) is 29.8 Å². The first-order valence-corrected chi connectivity index (χ1v) is 8.27. The molecule has 0 saturated carbocycles. The summed E-state index contributed by atoms with van der Waals surface area (Å²) in [6.45, 7) is 2.98. The fraction of sp³-hybridized carbons (Fsp3) is 0.211. The summed E-state index contributed by atoms with van der Waals surface area (Å²) in [6, 6.07) is 16.3. The Morgan fingerprint density at radius 3 is 2.65 bits per heavy atom. The molecular weight excluding hydrogens is 308 g/mol. The van der Waals surface area contributed by atoms with E-state index in [1.54, 1.807) is 6.20 Å². The molecule has 1 aromatic heterocycles. The van der Waals surface area contributed by atoms with E-state index in [1.165, 1.54) is 16.0 Å². The number of hydrogen-bond acceptors (Lipinski definition) is 2. The monoisotopic (exact) mass is 325 g/mol. The van der Waals surface area contributed by atoms with Crippen LogP contribution in [-0.2, 0) is 19.5 Å². The van der Waals surface area contributed by atoms with E-state index in [9.17, 15) is 0 Å². The molecule has 3 nitrogen and oxygen atoms in total. The number of benzene rings is 2. The molecule has 0 spiro atoms. The summed E-state index contributed by atoms with van der Waals surface area (Å²) < 4.78 is 5.93. The first-order chi connectivity index (χ1) is 11.3. The molecule has 3 aromatic rings. The van der Waals surface area contributed by atoms with Gasteiger partial charge in [-0.1, -0.05) is 35.9 Å². The lowest BCUT2D eigenvalue weighted by Gasteiger charge is -2.24. The average Bonchev–Trinajstić information content (AvgIpc) is 3.04. The molecule has 1 unspecified atom stereocenters. The van der Waals surface area contributed by atoms with Gasteiger partial charge in [-0.25, -0.2) is 4.98 Å². The highest BCUT2D eigenvalue weighted by Crippen LogP contribution is 2.22. The molecule has 1 atom stereocenters. The molecule has 1 N–H and O–H groups in total. The number of aromatic nitrogens is 1. The van der Waals surface area contributed by atoms with Crippen molar-refractivity contribution in [3.05, 3.63) is 76.8 Å². The number of nitrogens with zero attached hydrogens (tertiary/aromatic N) is 1. The number of quaternary nitrogens is 1. The van der Waals surface area contributed by atoms with Crippen molar-refractivity contribution in [2.45, 2.75) is 19.5 Å². The van der Waals surface area contributed by atoms with Gasteiger partial charge in [0.2, 0.25) is 0 Å². The van der Waals surface area contributed by atoms with E-state index < -0.39 is 0 Å². The van der Waals surface area contributed by atoms with Gasteiger partial charge in [0.1, 0.15) is 6.54 Å². The second-order valence-corrected chi connectivity index (χ2v) is 6.43. The predicted molar refractivity (Wildman–Crippen MR) is 90.3 cm³/mol. The molecule has 0 aliphatic carbocycles. The van der Waals surface area contributed by atoms with Gasteiger partial charge in [0.15, 0.2) is 12.3 Å². The lowest BCUT2D eigenvalue weighted by molar-refractivity contribution is -0.930. The molecular formula is C19H18ClN2O+. The first kappa shape index (κ1) is 14.5. The van der Waals surface area contributed by atoms with Gasteiger partial charge >= 0.3 is 0 Å². The van der Waals surface area contributed by atoms with E-state index >= 15 is 0 Å². The van der Waals surface area contributed by atoms with E-state index in [0.717, 1.165) is 48.3 Å². The van der Waals surface area contributed by atoms with Crippen molar-refractivity contribution in [3.8, 4) is 11.3 Å². The predicted octanol–water partition coefficient (Wildman–Crippen LogP) is 3.14. The maximum Gasteiger partial charge on any atom is 0.250 e. The Morgan fingerprint density at radius 1 is 1.04 bits per heavy atom. The van der Waals surface area contributed by atoms with Crippen molar-refractivity contribution in [2.75, 3.05) is 6.54 Å². The van der Waals surface area contributed by atoms with E-state index in [2.05, 4.69) is 29.2 Å². The fourth-order valence-corrected chi connectivity index (χ4v) is 3.27. The molecule has 0 amide bonds. The summed E-state index contributed by atoms with van der Waals surface area (Å²) in [5, 5.41) is 0.727. The molecule has 2 heterocycles. The summed E-state index contributed by atoms with van der Waals surface area (Å²) in [7, 11) is 0. The third-order valence-corrected chi connectivity index (χ3v) is 4.64.